The molecule has 0 saturated carbocycles. The molecule has 0 radical (unpaired) electrons. The molecule has 0 atom stereocenters. The number of aromatic carboxylic acids is 1. The Morgan fingerprint density at radius 2 is 1.71 bits per heavy atom. The van der Waals surface area contributed by atoms with Crippen LogP contribution in [0.2, 0.25) is 0 Å². The normalized spacial score (nSPS) is 10.6. The van der Waals surface area contributed by atoms with Gasteiger partial charge >= 0.3 is 5.97 Å². The molecule has 2 aromatic carbocycles. The molecule has 0 aliphatic heterocycles. The second kappa shape index (κ2) is 6.97. The number of carbonyl (C=O) groups is 1. The number of aliphatic hydroxyl groups excluding tert-OH is 1. The van der Waals surface area contributed by atoms with Gasteiger partial charge < -0.3 is 15.5 Å². The van der Waals surface area contributed by atoms with Gasteiger partial charge in [-0.2, -0.15) is 0 Å². The Kier molecular flexibility index (Phi) is 5.03. The first-order chi connectivity index (χ1) is 10.1. The number of carboxylic acids is 1. The molecule has 21 heavy (non-hydrogen) atoms. The largest absolute Gasteiger partial charge is 0.478 e. The lowest BCUT2D eigenvalue weighted by molar-refractivity contribution is 0.0692. The minimum Gasteiger partial charge on any atom is -0.478 e. The van der Waals surface area contributed by atoms with Gasteiger partial charge in [-0.1, -0.05) is 30.3 Å². The van der Waals surface area contributed by atoms with E-state index in [0.717, 1.165) is 11.1 Å². The molecule has 0 aliphatic carbocycles. The average Bonchev–Trinajstić information content (AvgIpc) is 2.47. The highest BCUT2D eigenvalue weighted by Gasteiger charge is 2.10. The van der Waals surface area contributed by atoms with Crippen LogP contribution in [0.3, 0.4) is 0 Å². The summed E-state index contributed by atoms with van der Waals surface area (Å²) in [5.74, 6) is -2.00. The number of halogens is 1. The molecule has 0 saturated heterocycles. The molecule has 0 unspecified atom stereocenters. The van der Waals surface area contributed by atoms with E-state index in [2.05, 4.69) is 5.32 Å². The molecule has 0 amide bonds. The van der Waals surface area contributed by atoms with E-state index in [4.69, 9.17) is 10.2 Å². The fourth-order valence-corrected chi connectivity index (χ4v) is 2.03. The van der Waals surface area contributed by atoms with Crippen molar-refractivity contribution < 1.29 is 19.4 Å². The molecule has 0 aliphatic rings. The molecule has 2 aromatic rings. The zero-order valence-corrected chi connectivity index (χ0v) is 11.3. The van der Waals surface area contributed by atoms with Crippen LogP contribution in [0.4, 0.5) is 4.39 Å². The Morgan fingerprint density at radius 3 is 2.33 bits per heavy atom. The maximum Gasteiger partial charge on any atom is 0.338 e. The van der Waals surface area contributed by atoms with Crippen molar-refractivity contribution in [1.82, 2.24) is 5.32 Å². The second-order valence-corrected chi connectivity index (χ2v) is 4.70. The molecule has 3 N–H and O–H groups in total. The van der Waals surface area contributed by atoms with Gasteiger partial charge in [0.2, 0.25) is 0 Å². The first-order valence-electron chi connectivity index (χ1n) is 6.51. The number of hydrogen-bond donors (Lipinski definition) is 3. The minimum atomic E-state index is -1.27. The predicted octanol–water partition coefficient (Wildman–Crippen LogP) is 2.31. The average molecular weight is 289 g/mol. The van der Waals surface area contributed by atoms with E-state index >= 15 is 0 Å². The van der Waals surface area contributed by atoms with Crippen molar-refractivity contribution in [3.8, 4) is 0 Å². The molecule has 4 nitrogen and oxygen atoms in total. The van der Waals surface area contributed by atoms with Crippen LogP contribution in [0, 0.1) is 5.82 Å². The molecule has 0 bridgehead atoms. The third kappa shape index (κ3) is 4.11. The monoisotopic (exact) mass is 289 g/mol. The summed E-state index contributed by atoms with van der Waals surface area (Å²) >= 11 is 0. The summed E-state index contributed by atoms with van der Waals surface area (Å²) in [6.07, 6.45) is 0. The highest BCUT2D eigenvalue weighted by molar-refractivity contribution is 5.87. The van der Waals surface area contributed by atoms with Crippen molar-refractivity contribution in [2.75, 3.05) is 0 Å². The van der Waals surface area contributed by atoms with Gasteiger partial charge in [-0.15, -0.1) is 0 Å². The van der Waals surface area contributed by atoms with E-state index in [1.165, 1.54) is 12.1 Å². The number of rotatable bonds is 6. The molecule has 110 valence electrons. The molecule has 2 rings (SSSR count). The Hall–Kier alpha value is -2.24. The van der Waals surface area contributed by atoms with Crippen LogP contribution in [-0.4, -0.2) is 16.2 Å². The number of nitrogens with one attached hydrogen (secondary N) is 1. The van der Waals surface area contributed by atoms with Gasteiger partial charge in [0.1, 0.15) is 5.82 Å². The maximum atomic E-state index is 13.5. The fourth-order valence-electron chi connectivity index (χ4n) is 2.03. The first kappa shape index (κ1) is 15.2. The fraction of sp³-hybridized carbons (Fsp3) is 0.188. The van der Waals surface area contributed by atoms with Crippen molar-refractivity contribution in [3.63, 3.8) is 0 Å². The Bertz CT molecular complexity index is 643. The number of aliphatic hydroxyl groups is 1. The smallest absolute Gasteiger partial charge is 0.338 e. The standard InChI is InChI=1S/C16H16FNO3/c17-15-7-12(4-5-14(15)16(20)21)9-18-8-11-2-1-3-13(6-11)10-19/h1-7,18-19H,8-10H2,(H,20,21). The summed E-state index contributed by atoms with van der Waals surface area (Å²) in [4.78, 5) is 10.7. The summed E-state index contributed by atoms with van der Waals surface area (Å²) < 4.78 is 13.5. The van der Waals surface area contributed by atoms with Crippen molar-refractivity contribution in [2.24, 2.45) is 0 Å². The van der Waals surface area contributed by atoms with E-state index in [0.29, 0.717) is 18.7 Å². The van der Waals surface area contributed by atoms with Crippen LogP contribution in [-0.2, 0) is 19.7 Å². The quantitative estimate of drug-likeness (QED) is 0.763. The molecule has 0 spiro atoms. The summed E-state index contributed by atoms with van der Waals surface area (Å²) in [5.41, 5.74) is 2.21. The van der Waals surface area contributed by atoms with Gasteiger partial charge in [-0.25, -0.2) is 9.18 Å². The molecule has 0 aromatic heterocycles. The zero-order chi connectivity index (χ0) is 15.2. The van der Waals surface area contributed by atoms with Crippen molar-refractivity contribution >= 4 is 5.97 Å². The van der Waals surface area contributed by atoms with Gasteiger partial charge in [0, 0.05) is 13.1 Å². The van der Waals surface area contributed by atoms with Crippen LogP contribution in [0.25, 0.3) is 0 Å². The maximum absolute atomic E-state index is 13.5. The minimum absolute atomic E-state index is 0.00426. The van der Waals surface area contributed by atoms with E-state index in [9.17, 15) is 9.18 Å². The number of carboxylic acid groups (broad SMARTS) is 1. The van der Waals surface area contributed by atoms with Crippen molar-refractivity contribution in [3.05, 3.63) is 70.5 Å². The van der Waals surface area contributed by atoms with Gasteiger partial charge in [0.15, 0.2) is 0 Å². The van der Waals surface area contributed by atoms with Crippen LogP contribution < -0.4 is 5.32 Å². The zero-order valence-electron chi connectivity index (χ0n) is 11.3. The molecule has 0 heterocycles. The highest BCUT2D eigenvalue weighted by Crippen LogP contribution is 2.11. The topological polar surface area (TPSA) is 69.6 Å². The van der Waals surface area contributed by atoms with Crippen LogP contribution in [0.5, 0.6) is 0 Å². The molecular formula is C16H16FNO3. The predicted molar refractivity (Wildman–Crippen MR) is 76.3 cm³/mol. The van der Waals surface area contributed by atoms with Gasteiger partial charge in [0.25, 0.3) is 0 Å². The Morgan fingerprint density at radius 1 is 1.05 bits per heavy atom. The summed E-state index contributed by atoms with van der Waals surface area (Å²) in [5, 5.41) is 21.0. The lowest BCUT2D eigenvalue weighted by atomic mass is 10.1. The Labute approximate surface area is 121 Å². The summed E-state index contributed by atoms with van der Waals surface area (Å²) in [6, 6.07) is 11.6. The Balaban J connectivity index is 1.94. The third-order valence-electron chi connectivity index (χ3n) is 3.10. The summed E-state index contributed by atoms with van der Waals surface area (Å²) in [6.45, 7) is 1.01. The number of hydrogen-bond acceptors (Lipinski definition) is 3. The summed E-state index contributed by atoms with van der Waals surface area (Å²) in [7, 11) is 0. The highest BCUT2D eigenvalue weighted by atomic mass is 19.1. The lowest BCUT2D eigenvalue weighted by Gasteiger charge is -2.07. The van der Waals surface area contributed by atoms with E-state index in [1.807, 2.05) is 24.3 Å². The lowest BCUT2D eigenvalue weighted by Crippen LogP contribution is -2.13. The van der Waals surface area contributed by atoms with Gasteiger partial charge in [0.05, 0.1) is 12.2 Å². The first-order valence-corrected chi connectivity index (χ1v) is 6.51. The van der Waals surface area contributed by atoms with Crippen LogP contribution in [0.15, 0.2) is 42.5 Å². The van der Waals surface area contributed by atoms with Crippen molar-refractivity contribution in [1.29, 1.82) is 0 Å². The van der Waals surface area contributed by atoms with Gasteiger partial charge in [-0.3, -0.25) is 0 Å². The van der Waals surface area contributed by atoms with Crippen LogP contribution in [0.1, 0.15) is 27.0 Å². The van der Waals surface area contributed by atoms with E-state index in [-0.39, 0.29) is 12.2 Å². The second-order valence-electron chi connectivity index (χ2n) is 4.70. The van der Waals surface area contributed by atoms with Crippen molar-refractivity contribution in [2.45, 2.75) is 19.7 Å². The molecule has 0 fully saturated rings. The van der Waals surface area contributed by atoms with E-state index in [1.54, 1.807) is 6.07 Å². The molecular weight excluding hydrogens is 273 g/mol. The van der Waals surface area contributed by atoms with Gasteiger partial charge in [-0.05, 0) is 28.8 Å². The van der Waals surface area contributed by atoms with E-state index < -0.39 is 11.8 Å². The number of benzene rings is 2. The molecule has 5 heteroatoms. The van der Waals surface area contributed by atoms with Crippen LogP contribution >= 0.6 is 0 Å². The SMILES string of the molecule is O=C(O)c1ccc(CNCc2cccc(CO)c2)cc1F. The third-order valence-corrected chi connectivity index (χ3v) is 3.10.